The van der Waals surface area contributed by atoms with Gasteiger partial charge in [-0.15, -0.1) is 5.73 Å². The maximum atomic E-state index is 10.1. The molecule has 0 bridgehead atoms. The summed E-state index contributed by atoms with van der Waals surface area (Å²) in [6.07, 6.45) is 2.85. The van der Waals surface area contributed by atoms with Crippen molar-refractivity contribution in [2.75, 3.05) is 0 Å². The van der Waals surface area contributed by atoms with Crippen molar-refractivity contribution in [3.63, 3.8) is 0 Å². The topological polar surface area (TPSA) is 40.5 Å². The molecule has 1 aliphatic rings. The van der Waals surface area contributed by atoms with Crippen molar-refractivity contribution in [3.05, 3.63) is 17.4 Å². The average Bonchev–Trinajstić information content (AvgIpc) is 2.19. The Morgan fingerprint density at radius 1 is 1.36 bits per heavy atom. The van der Waals surface area contributed by atoms with Crippen molar-refractivity contribution < 1.29 is 10.2 Å². The van der Waals surface area contributed by atoms with Crippen molar-refractivity contribution in [1.29, 1.82) is 0 Å². The van der Waals surface area contributed by atoms with E-state index in [9.17, 15) is 5.11 Å². The molecule has 0 amide bonds. The highest BCUT2D eigenvalue weighted by Crippen LogP contribution is 2.47. The molecule has 2 N–H and O–H groups in total. The van der Waals surface area contributed by atoms with Crippen LogP contribution in [-0.4, -0.2) is 21.9 Å². The third kappa shape index (κ3) is 2.27. The van der Waals surface area contributed by atoms with Gasteiger partial charge in [0.2, 0.25) is 0 Å². The summed E-state index contributed by atoms with van der Waals surface area (Å²) >= 11 is 0. The van der Waals surface area contributed by atoms with Crippen LogP contribution in [0.2, 0.25) is 0 Å². The fourth-order valence-corrected chi connectivity index (χ4v) is 2.09. The van der Waals surface area contributed by atoms with E-state index in [4.69, 9.17) is 5.11 Å². The highest BCUT2D eigenvalue weighted by atomic mass is 16.3. The molecule has 0 saturated heterocycles. The summed E-state index contributed by atoms with van der Waals surface area (Å²) in [5.41, 5.74) is 3.20. The molecule has 2 heteroatoms. The molecule has 0 radical (unpaired) electrons. The van der Waals surface area contributed by atoms with Crippen molar-refractivity contribution in [1.82, 2.24) is 0 Å². The van der Waals surface area contributed by atoms with Crippen LogP contribution < -0.4 is 0 Å². The number of hydrogen-bond acceptors (Lipinski definition) is 2. The van der Waals surface area contributed by atoms with Gasteiger partial charge in [-0.1, -0.05) is 13.8 Å². The van der Waals surface area contributed by atoms with Gasteiger partial charge in [-0.3, -0.25) is 0 Å². The molecule has 0 aromatic carbocycles. The maximum Gasteiger partial charge on any atom is 0.0907 e. The van der Waals surface area contributed by atoms with E-state index in [2.05, 4.69) is 19.6 Å². The van der Waals surface area contributed by atoms with Gasteiger partial charge < -0.3 is 10.2 Å². The predicted molar refractivity (Wildman–Crippen MR) is 56.9 cm³/mol. The van der Waals surface area contributed by atoms with Crippen LogP contribution >= 0.6 is 0 Å². The monoisotopic (exact) mass is 196 g/mol. The summed E-state index contributed by atoms with van der Waals surface area (Å²) in [4.78, 5) is 0. The van der Waals surface area contributed by atoms with E-state index >= 15 is 0 Å². The summed E-state index contributed by atoms with van der Waals surface area (Å²) in [6, 6.07) is 0. The lowest BCUT2D eigenvalue weighted by molar-refractivity contribution is 0.104. The Bertz CT molecular complexity index is 261. The first-order chi connectivity index (χ1) is 6.26. The summed E-state index contributed by atoms with van der Waals surface area (Å²) in [5, 5.41) is 19.2. The van der Waals surface area contributed by atoms with Gasteiger partial charge in [0, 0.05) is 5.57 Å². The van der Waals surface area contributed by atoms with Crippen molar-refractivity contribution >= 4 is 0 Å². The molecule has 1 fully saturated rings. The standard InChI is InChI=1S/C12H20O2/c1-9(13)5-6-10-11(2,3)7-8-12(10,4)14/h5,9,13-14H,7-8H2,1-4H3. The van der Waals surface area contributed by atoms with Crippen LogP contribution in [0.4, 0.5) is 0 Å². The van der Waals surface area contributed by atoms with Crippen molar-refractivity contribution in [2.24, 2.45) is 5.41 Å². The Kier molecular flexibility index (Phi) is 2.91. The average molecular weight is 196 g/mol. The lowest BCUT2D eigenvalue weighted by atomic mass is 9.84. The van der Waals surface area contributed by atoms with E-state index in [1.807, 2.05) is 6.92 Å². The Morgan fingerprint density at radius 3 is 2.29 bits per heavy atom. The zero-order chi connectivity index (χ0) is 11.0. The minimum atomic E-state index is -0.755. The third-order valence-electron chi connectivity index (χ3n) is 2.92. The molecule has 0 spiro atoms. The molecule has 2 nitrogen and oxygen atoms in total. The molecule has 0 aromatic rings. The predicted octanol–water partition coefficient (Wildman–Crippen LogP) is 2.02. The number of aliphatic hydroxyl groups excluding tert-OH is 1. The van der Waals surface area contributed by atoms with E-state index in [-0.39, 0.29) is 5.41 Å². The molecule has 0 aliphatic heterocycles. The first kappa shape index (κ1) is 11.5. The highest BCUT2D eigenvalue weighted by Gasteiger charge is 2.43. The van der Waals surface area contributed by atoms with Crippen LogP contribution in [0.1, 0.15) is 40.5 Å². The smallest absolute Gasteiger partial charge is 0.0907 e. The molecule has 1 aliphatic carbocycles. The Morgan fingerprint density at radius 2 is 1.93 bits per heavy atom. The van der Waals surface area contributed by atoms with Gasteiger partial charge in [0.1, 0.15) is 0 Å². The first-order valence-corrected chi connectivity index (χ1v) is 5.14. The van der Waals surface area contributed by atoms with Crippen molar-refractivity contribution in [2.45, 2.75) is 52.2 Å². The fourth-order valence-electron chi connectivity index (χ4n) is 2.09. The molecule has 80 valence electrons. The van der Waals surface area contributed by atoms with E-state index in [0.717, 1.165) is 18.4 Å². The third-order valence-corrected chi connectivity index (χ3v) is 2.92. The Labute approximate surface area is 86.0 Å². The normalized spacial score (nSPS) is 32.6. The summed E-state index contributed by atoms with van der Waals surface area (Å²) in [5.74, 6) is 0. The van der Waals surface area contributed by atoms with Gasteiger partial charge in [0.15, 0.2) is 0 Å². The van der Waals surface area contributed by atoms with Gasteiger partial charge in [-0.05, 0) is 38.2 Å². The number of aliphatic hydroxyl groups is 2. The molecule has 1 saturated carbocycles. The van der Waals surface area contributed by atoms with E-state index < -0.39 is 11.7 Å². The number of hydrogen-bond donors (Lipinski definition) is 2. The van der Waals surface area contributed by atoms with Gasteiger partial charge in [-0.2, -0.15) is 0 Å². The van der Waals surface area contributed by atoms with Gasteiger partial charge >= 0.3 is 0 Å². The Balaban J connectivity index is 3.10. The molecule has 0 aromatic heterocycles. The van der Waals surface area contributed by atoms with Crippen LogP contribution in [-0.2, 0) is 0 Å². The van der Waals surface area contributed by atoms with Gasteiger partial charge in [-0.25, -0.2) is 0 Å². The SMILES string of the molecule is CC(O)C=C=C1C(C)(C)CCC1(C)O. The van der Waals surface area contributed by atoms with Crippen LogP contribution in [0, 0.1) is 5.41 Å². The van der Waals surface area contributed by atoms with Crippen LogP contribution in [0.25, 0.3) is 0 Å². The summed E-state index contributed by atoms with van der Waals surface area (Å²) in [6.45, 7) is 7.71. The molecule has 0 heterocycles. The van der Waals surface area contributed by atoms with E-state index in [1.165, 1.54) is 0 Å². The second kappa shape index (κ2) is 3.54. The Hall–Kier alpha value is -0.560. The molecular weight excluding hydrogens is 176 g/mol. The summed E-state index contributed by atoms with van der Waals surface area (Å²) in [7, 11) is 0. The molecular formula is C12H20O2. The second-order valence-electron chi connectivity index (χ2n) is 5.08. The summed E-state index contributed by atoms with van der Waals surface area (Å²) < 4.78 is 0. The second-order valence-corrected chi connectivity index (χ2v) is 5.08. The maximum absolute atomic E-state index is 10.1. The number of rotatable bonds is 1. The molecule has 1 rings (SSSR count). The first-order valence-electron chi connectivity index (χ1n) is 5.14. The van der Waals surface area contributed by atoms with Crippen molar-refractivity contribution in [3.8, 4) is 0 Å². The molecule has 2 atom stereocenters. The van der Waals surface area contributed by atoms with Crippen LogP contribution in [0.15, 0.2) is 17.4 Å². The minimum absolute atomic E-state index is 0.00507. The quantitative estimate of drug-likeness (QED) is 0.630. The fraction of sp³-hybridized carbons (Fsp3) is 0.750. The highest BCUT2D eigenvalue weighted by molar-refractivity contribution is 5.27. The van der Waals surface area contributed by atoms with Crippen LogP contribution in [0.3, 0.4) is 0 Å². The van der Waals surface area contributed by atoms with E-state index in [1.54, 1.807) is 13.0 Å². The van der Waals surface area contributed by atoms with Gasteiger partial charge in [0.05, 0.1) is 11.7 Å². The van der Waals surface area contributed by atoms with E-state index in [0.29, 0.717) is 0 Å². The lowest BCUT2D eigenvalue weighted by Crippen LogP contribution is -2.25. The zero-order valence-electron chi connectivity index (χ0n) is 9.46. The lowest BCUT2D eigenvalue weighted by Gasteiger charge is -2.24. The van der Waals surface area contributed by atoms with Crippen LogP contribution in [0.5, 0.6) is 0 Å². The minimum Gasteiger partial charge on any atom is -0.389 e. The van der Waals surface area contributed by atoms with Gasteiger partial charge in [0.25, 0.3) is 0 Å². The molecule has 2 unspecified atom stereocenters. The largest absolute Gasteiger partial charge is 0.389 e. The molecule has 14 heavy (non-hydrogen) atoms. The zero-order valence-corrected chi connectivity index (χ0v) is 9.46.